The van der Waals surface area contributed by atoms with Gasteiger partial charge in [-0.1, -0.05) is 18.2 Å². The number of alkyl halides is 3. The van der Waals surface area contributed by atoms with Crippen LogP contribution in [-0.4, -0.2) is 18.4 Å². The second kappa shape index (κ2) is 7.45. The van der Waals surface area contributed by atoms with Gasteiger partial charge < -0.3 is 0 Å². The number of aromatic nitrogens is 2. The lowest BCUT2D eigenvalue weighted by Gasteiger charge is -2.14. The summed E-state index contributed by atoms with van der Waals surface area (Å²) in [7, 11) is -4.38. The van der Waals surface area contributed by atoms with Crippen LogP contribution in [0.5, 0.6) is 0 Å². The topological polar surface area (TPSA) is 72.0 Å². The van der Waals surface area contributed by atoms with Crippen molar-refractivity contribution >= 4 is 10.0 Å². The standard InChI is InChI=1S/C18H14F3N3O2S/c19-18(20,21)15-5-1-2-6-16(15)27(25,26)24-12-14-4-3-9-23-17(14)13-7-10-22-11-8-13/h1-11,24H,12H2. The summed E-state index contributed by atoms with van der Waals surface area (Å²) in [5.74, 6) is 0. The molecule has 2 heterocycles. The zero-order chi connectivity index (χ0) is 19.5. The van der Waals surface area contributed by atoms with Gasteiger partial charge in [-0.2, -0.15) is 13.2 Å². The number of sulfonamides is 1. The van der Waals surface area contributed by atoms with E-state index >= 15 is 0 Å². The van der Waals surface area contributed by atoms with Gasteiger partial charge in [-0.25, -0.2) is 13.1 Å². The number of hydrogen-bond acceptors (Lipinski definition) is 4. The maximum atomic E-state index is 13.1. The largest absolute Gasteiger partial charge is 0.417 e. The number of benzene rings is 1. The van der Waals surface area contributed by atoms with E-state index in [0.29, 0.717) is 11.3 Å². The summed E-state index contributed by atoms with van der Waals surface area (Å²) in [5.41, 5.74) is 0.553. The van der Waals surface area contributed by atoms with Gasteiger partial charge in [0.1, 0.15) is 0 Å². The Morgan fingerprint density at radius 1 is 0.926 bits per heavy atom. The number of pyridine rings is 2. The van der Waals surface area contributed by atoms with E-state index < -0.39 is 26.7 Å². The van der Waals surface area contributed by atoms with Gasteiger partial charge in [-0.15, -0.1) is 0 Å². The molecule has 1 aromatic carbocycles. The van der Waals surface area contributed by atoms with Gasteiger partial charge in [0.25, 0.3) is 0 Å². The Bertz CT molecular complexity index is 1040. The Balaban J connectivity index is 1.91. The molecule has 3 rings (SSSR count). The molecule has 5 nitrogen and oxygen atoms in total. The highest BCUT2D eigenvalue weighted by molar-refractivity contribution is 7.89. The summed E-state index contributed by atoms with van der Waals surface area (Å²) in [6.45, 7) is -0.208. The summed E-state index contributed by atoms with van der Waals surface area (Å²) in [4.78, 5) is 7.34. The summed E-state index contributed by atoms with van der Waals surface area (Å²) < 4.78 is 66.5. The van der Waals surface area contributed by atoms with Crippen molar-refractivity contribution in [3.05, 3.63) is 78.2 Å². The fourth-order valence-electron chi connectivity index (χ4n) is 2.54. The van der Waals surface area contributed by atoms with Gasteiger partial charge in [-0.05, 0) is 35.9 Å². The molecule has 2 aromatic heterocycles. The van der Waals surface area contributed by atoms with Gasteiger partial charge in [0.05, 0.1) is 16.2 Å². The fourth-order valence-corrected chi connectivity index (χ4v) is 3.77. The van der Waals surface area contributed by atoms with Gasteiger partial charge in [0.15, 0.2) is 0 Å². The molecule has 0 atom stereocenters. The van der Waals surface area contributed by atoms with E-state index in [-0.39, 0.29) is 6.54 Å². The van der Waals surface area contributed by atoms with Crippen molar-refractivity contribution in [1.29, 1.82) is 0 Å². The lowest BCUT2D eigenvalue weighted by Crippen LogP contribution is -2.26. The van der Waals surface area contributed by atoms with Crippen LogP contribution in [0.1, 0.15) is 11.1 Å². The molecule has 0 aliphatic rings. The average Bonchev–Trinajstić information content (AvgIpc) is 2.67. The molecular formula is C18H14F3N3O2S. The van der Waals surface area contributed by atoms with Crippen LogP contribution >= 0.6 is 0 Å². The maximum absolute atomic E-state index is 13.1. The zero-order valence-corrected chi connectivity index (χ0v) is 14.6. The van der Waals surface area contributed by atoms with Gasteiger partial charge in [-0.3, -0.25) is 9.97 Å². The Morgan fingerprint density at radius 3 is 2.33 bits per heavy atom. The van der Waals surface area contributed by atoms with Crippen LogP contribution < -0.4 is 4.72 Å². The van der Waals surface area contributed by atoms with Crippen molar-refractivity contribution in [2.24, 2.45) is 0 Å². The number of hydrogen-bond donors (Lipinski definition) is 1. The molecule has 0 radical (unpaired) electrons. The number of rotatable bonds is 5. The van der Waals surface area contributed by atoms with Crippen LogP contribution in [0.15, 0.2) is 72.0 Å². The highest BCUT2D eigenvalue weighted by atomic mass is 32.2. The molecule has 0 saturated carbocycles. The van der Waals surface area contributed by atoms with Crippen molar-refractivity contribution in [3.63, 3.8) is 0 Å². The van der Waals surface area contributed by atoms with Gasteiger partial charge in [0.2, 0.25) is 10.0 Å². The molecule has 0 bridgehead atoms. The van der Waals surface area contributed by atoms with Crippen molar-refractivity contribution in [3.8, 4) is 11.3 Å². The zero-order valence-electron chi connectivity index (χ0n) is 13.8. The van der Waals surface area contributed by atoms with Crippen LogP contribution in [0.4, 0.5) is 13.2 Å². The van der Waals surface area contributed by atoms with E-state index in [1.807, 2.05) is 0 Å². The number of nitrogens with zero attached hydrogens (tertiary/aromatic N) is 2. The predicted molar refractivity (Wildman–Crippen MR) is 92.9 cm³/mol. The first-order chi connectivity index (χ1) is 12.8. The van der Waals surface area contributed by atoms with E-state index in [2.05, 4.69) is 14.7 Å². The maximum Gasteiger partial charge on any atom is 0.417 e. The Morgan fingerprint density at radius 2 is 1.63 bits per heavy atom. The first-order valence-electron chi connectivity index (χ1n) is 7.79. The van der Waals surface area contributed by atoms with E-state index in [4.69, 9.17) is 0 Å². The lowest BCUT2D eigenvalue weighted by atomic mass is 10.1. The Hall–Kier alpha value is -2.78. The number of halogens is 3. The molecule has 0 fully saturated rings. The van der Waals surface area contributed by atoms with Crippen molar-refractivity contribution in [2.45, 2.75) is 17.6 Å². The minimum absolute atomic E-state index is 0.208. The molecule has 140 valence electrons. The first-order valence-corrected chi connectivity index (χ1v) is 9.27. The van der Waals surface area contributed by atoms with Gasteiger partial charge >= 0.3 is 6.18 Å². The van der Waals surface area contributed by atoms with E-state index in [0.717, 1.165) is 23.8 Å². The second-order valence-electron chi connectivity index (χ2n) is 5.57. The molecule has 1 N–H and O–H groups in total. The van der Waals surface area contributed by atoms with Crippen molar-refractivity contribution in [1.82, 2.24) is 14.7 Å². The van der Waals surface area contributed by atoms with Crippen molar-refractivity contribution < 1.29 is 21.6 Å². The van der Waals surface area contributed by atoms with Crippen molar-refractivity contribution in [2.75, 3.05) is 0 Å². The first kappa shape index (κ1) is 19.0. The Kier molecular flexibility index (Phi) is 5.24. The third-order valence-corrected chi connectivity index (χ3v) is 5.24. The summed E-state index contributed by atoms with van der Waals surface area (Å²) in [5, 5.41) is 0. The molecular weight excluding hydrogens is 379 g/mol. The smallest absolute Gasteiger partial charge is 0.265 e. The number of nitrogens with one attached hydrogen (secondary N) is 1. The minimum Gasteiger partial charge on any atom is -0.265 e. The minimum atomic E-state index is -4.78. The lowest BCUT2D eigenvalue weighted by molar-refractivity contribution is -0.139. The molecule has 3 aromatic rings. The molecule has 27 heavy (non-hydrogen) atoms. The average molecular weight is 393 g/mol. The molecule has 9 heteroatoms. The van der Waals surface area contributed by atoms with Crippen LogP contribution in [0, 0.1) is 0 Å². The Labute approximate surface area is 154 Å². The van der Waals surface area contributed by atoms with Crippen LogP contribution in [0.3, 0.4) is 0 Å². The highest BCUT2D eigenvalue weighted by Gasteiger charge is 2.36. The molecule has 0 unspecified atom stereocenters. The van der Waals surface area contributed by atoms with Crippen LogP contribution in [0.2, 0.25) is 0 Å². The van der Waals surface area contributed by atoms with E-state index in [1.54, 1.807) is 42.9 Å². The second-order valence-corrected chi connectivity index (χ2v) is 7.30. The molecule has 0 aliphatic heterocycles. The summed E-state index contributed by atoms with van der Waals surface area (Å²) >= 11 is 0. The van der Waals surface area contributed by atoms with Gasteiger partial charge in [0, 0.05) is 30.7 Å². The summed E-state index contributed by atoms with van der Waals surface area (Å²) in [6.07, 6.45) is -0.0936. The normalized spacial score (nSPS) is 12.1. The quantitative estimate of drug-likeness (QED) is 0.718. The molecule has 0 aliphatic carbocycles. The third kappa shape index (κ3) is 4.32. The van der Waals surface area contributed by atoms with Crippen LogP contribution in [-0.2, 0) is 22.7 Å². The predicted octanol–water partition coefficient (Wildman–Crippen LogP) is 3.64. The van der Waals surface area contributed by atoms with E-state index in [9.17, 15) is 21.6 Å². The molecule has 0 saturated heterocycles. The monoisotopic (exact) mass is 393 g/mol. The SMILES string of the molecule is O=S(=O)(NCc1cccnc1-c1ccncc1)c1ccccc1C(F)(F)F. The molecule has 0 spiro atoms. The fraction of sp³-hybridized carbons (Fsp3) is 0.111. The highest BCUT2D eigenvalue weighted by Crippen LogP contribution is 2.34. The molecule has 0 amide bonds. The third-order valence-electron chi connectivity index (χ3n) is 3.78. The summed E-state index contributed by atoms with van der Waals surface area (Å²) in [6, 6.07) is 10.7. The van der Waals surface area contributed by atoms with Crippen LogP contribution in [0.25, 0.3) is 11.3 Å². The van der Waals surface area contributed by atoms with E-state index in [1.165, 1.54) is 6.07 Å².